The minimum atomic E-state index is 0.294. The third kappa shape index (κ3) is 3.32. The third-order valence-corrected chi connectivity index (χ3v) is 3.05. The van der Waals surface area contributed by atoms with Gasteiger partial charge in [0.15, 0.2) is 12.4 Å². The fraction of sp³-hybridized carbons (Fsp3) is 0.429. The molecule has 0 aliphatic rings. The minimum absolute atomic E-state index is 0.294. The molecule has 1 aromatic carbocycles. The summed E-state index contributed by atoms with van der Waals surface area (Å²) in [6.07, 6.45) is 0. The first kappa shape index (κ1) is 13.5. The summed E-state index contributed by atoms with van der Waals surface area (Å²) in [6, 6.07) is 6.48. The minimum Gasteiger partial charge on any atom is -0.483 e. The molecule has 1 heterocycles. The van der Waals surface area contributed by atoms with Crippen molar-refractivity contribution in [3.63, 3.8) is 0 Å². The molecule has 0 saturated heterocycles. The van der Waals surface area contributed by atoms with Crippen LogP contribution in [-0.2, 0) is 6.61 Å². The van der Waals surface area contributed by atoms with E-state index in [2.05, 4.69) is 34.5 Å². The molecule has 0 saturated carbocycles. The van der Waals surface area contributed by atoms with Crippen molar-refractivity contribution in [2.45, 2.75) is 33.4 Å². The standard InChI is InChI=1S/C14H19N3O2/c1-9-7-12(10(2)15-4)5-6-13(9)18-8-14-16-11(3)17-19-14/h5-7,10,15H,8H2,1-4H3. The average molecular weight is 261 g/mol. The lowest BCUT2D eigenvalue weighted by Crippen LogP contribution is -2.12. The van der Waals surface area contributed by atoms with E-state index in [1.165, 1.54) is 5.56 Å². The molecule has 0 bridgehead atoms. The van der Waals surface area contributed by atoms with Crippen LogP contribution < -0.4 is 10.1 Å². The number of benzene rings is 1. The van der Waals surface area contributed by atoms with E-state index in [0.29, 0.717) is 24.4 Å². The molecule has 2 rings (SSSR count). The molecule has 0 radical (unpaired) electrons. The summed E-state index contributed by atoms with van der Waals surface area (Å²) in [5.74, 6) is 1.95. The zero-order chi connectivity index (χ0) is 13.8. The number of nitrogens with one attached hydrogen (secondary N) is 1. The van der Waals surface area contributed by atoms with Crippen molar-refractivity contribution < 1.29 is 9.26 Å². The van der Waals surface area contributed by atoms with Crippen LogP contribution in [0.25, 0.3) is 0 Å². The fourth-order valence-electron chi connectivity index (χ4n) is 1.81. The second kappa shape index (κ2) is 5.84. The molecule has 19 heavy (non-hydrogen) atoms. The van der Waals surface area contributed by atoms with Crippen LogP contribution in [0.5, 0.6) is 5.75 Å². The quantitative estimate of drug-likeness (QED) is 0.896. The zero-order valence-electron chi connectivity index (χ0n) is 11.7. The number of rotatable bonds is 5. The van der Waals surface area contributed by atoms with Crippen LogP contribution in [0, 0.1) is 13.8 Å². The van der Waals surface area contributed by atoms with Gasteiger partial charge in [0.25, 0.3) is 5.89 Å². The lowest BCUT2D eigenvalue weighted by Gasteiger charge is -2.13. The zero-order valence-corrected chi connectivity index (χ0v) is 11.7. The number of aryl methyl sites for hydroxylation is 2. The fourth-order valence-corrected chi connectivity index (χ4v) is 1.81. The van der Waals surface area contributed by atoms with Crippen molar-refractivity contribution in [3.8, 4) is 5.75 Å². The molecule has 1 aromatic heterocycles. The Hall–Kier alpha value is -1.88. The molecule has 5 nitrogen and oxygen atoms in total. The van der Waals surface area contributed by atoms with Gasteiger partial charge in [0, 0.05) is 6.04 Å². The van der Waals surface area contributed by atoms with Crippen LogP contribution >= 0.6 is 0 Å². The summed E-state index contributed by atoms with van der Waals surface area (Å²) in [5, 5.41) is 6.94. The van der Waals surface area contributed by atoms with E-state index in [0.717, 1.165) is 11.3 Å². The van der Waals surface area contributed by atoms with Gasteiger partial charge >= 0.3 is 0 Å². The maximum atomic E-state index is 5.69. The maximum absolute atomic E-state index is 5.69. The van der Waals surface area contributed by atoms with Crippen LogP contribution in [0.2, 0.25) is 0 Å². The van der Waals surface area contributed by atoms with E-state index in [1.54, 1.807) is 6.92 Å². The summed E-state index contributed by atoms with van der Waals surface area (Å²) in [6.45, 7) is 6.23. The van der Waals surface area contributed by atoms with Crippen molar-refractivity contribution in [2.24, 2.45) is 0 Å². The molecule has 0 aliphatic heterocycles. The van der Waals surface area contributed by atoms with Gasteiger partial charge < -0.3 is 14.6 Å². The Morgan fingerprint density at radius 2 is 2.16 bits per heavy atom. The normalized spacial score (nSPS) is 12.4. The van der Waals surface area contributed by atoms with Crippen LogP contribution in [0.4, 0.5) is 0 Å². The van der Waals surface area contributed by atoms with E-state index in [4.69, 9.17) is 9.26 Å². The summed E-state index contributed by atoms with van der Waals surface area (Å²) in [4.78, 5) is 4.10. The van der Waals surface area contributed by atoms with Crippen molar-refractivity contribution in [3.05, 3.63) is 41.0 Å². The first-order valence-electron chi connectivity index (χ1n) is 6.30. The van der Waals surface area contributed by atoms with Gasteiger partial charge in [-0.25, -0.2) is 0 Å². The number of hydrogen-bond donors (Lipinski definition) is 1. The maximum Gasteiger partial charge on any atom is 0.264 e. The van der Waals surface area contributed by atoms with Crippen LogP contribution in [0.3, 0.4) is 0 Å². The highest BCUT2D eigenvalue weighted by Crippen LogP contribution is 2.23. The van der Waals surface area contributed by atoms with Crippen molar-refractivity contribution >= 4 is 0 Å². The van der Waals surface area contributed by atoms with Gasteiger partial charge in [-0.15, -0.1) is 0 Å². The van der Waals surface area contributed by atoms with Gasteiger partial charge in [-0.05, 0) is 45.0 Å². The highest BCUT2D eigenvalue weighted by atomic mass is 16.5. The molecule has 0 fully saturated rings. The van der Waals surface area contributed by atoms with E-state index in [1.807, 2.05) is 20.0 Å². The van der Waals surface area contributed by atoms with Gasteiger partial charge in [0.1, 0.15) is 5.75 Å². The van der Waals surface area contributed by atoms with E-state index in [-0.39, 0.29) is 0 Å². The van der Waals surface area contributed by atoms with Gasteiger partial charge in [-0.2, -0.15) is 4.98 Å². The monoisotopic (exact) mass is 261 g/mol. The first-order valence-corrected chi connectivity index (χ1v) is 6.30. The second-order valence-corrected chi connectivity index (χ2v) is 4.56. The Balaban J connectivity index is 2.05. The molecule has 2 aromatic rings. The molecule has 1 unspecified atom stereocenters. The van der Waals surface area contributed by atoms with Crippen molar-refractivity contribution in [2.75, 3.05) is 7.05 Å². The lowest BCUT2D eigenvalue weighted by atomic mass is 10.1. The molecule has 0 aliphatic carbocycles. The van der Waals surface area contributed by atoms with Gasteiger partial charge in [0.2, 0.25) is 0 Å². The molecule has 5 heteroatoms. The van der Waals surface area contributed by atoms with E-state index < -0.39 is 0 Å². The Kier molecular flexibility index (Phi) is 4.16. The summed E-state index contributed by atoms with van der Waals surface area (Å²) < 4.78 is 10.7. The predicted octanol–water partition coefficient (Wildman–Crippen LogP) is 2.55. The summed E-state index contributed by atoms with van der Waals surface area (Å²) in [5.41, 5.74) is 2.33. The topological polar surface area (TPSA) is 60.2 Å². The Morgan fingerprint density at radius 3 is 2.74 bits per heavy atom. The van der Waals surface area contributed by atoms with Crippen molar-refractivity contribution in [1.29, 1.82) is 0 Å². The number of hydrogen-bond acceptors (Lipinski definition) is 5. The SMILES string of the molecule is CNC(C)c1ccc(OCc2nc(C)no2)c(C)c1. The smallest absolute Gasteiger partial charge is 0.264 e. The largest absolute Gasteiger partial charge is 0.483 e. The lowest BCUT2D eigenvalue weighted by molar-refractivity contribution is 0.241. The second-order valence-electron chi connectivity index (χ2n) is 4.56. The van der Waals surface area contributed by atoms with E-state index >= 15 is 0 Å². The highest BCUT2D eigenvalue weighted by molar-refractivity contribution is 5.37. The number of aromatic nitrogens is 2. The molecule has 1 atom stereocenters. The Morgan fingerprint density at radius 1 is 1.37 bits per heavy atom. The predicted molar refractivity (Wildman–Crippen MR) is 72.0 cm³/mol. The van der Waals surface area contributed by atoms with Gasteiger partial charge in [-0.1, -0.05) is 17.3 Å². The molecular formula is C14H19N3O2. The Labute approximate surface area is 113 Å². The van der Waals surface area contributed by atoms with Crippen molar-refractivity contribution in [1.82, 2.24) is 15.5 Å². The summed E-state index contributed by atoms with van der Waals surface area (Å²) >= 11 is 0. The summed E-state index contributed by atoms with van der Waals surface area (Å²) in [7, 11) is 1.95. The molecule has 102 valence electrons. The van der Waals surface area contributed by atoms with E-state index in [9.17, 15) is 0 Å². The van der Waals surface area contributed by atoms with Gasteiger partial charge in [0.05, 0.1) is 0 Å². The third-order valence-electron chi connectivity index (χ3n) is 3.05. The first-order chi connectivity index (χ1) is 9.10. The van der Waals surface area contributed by atoms with Crippen LogP contribution in [-0.4, -0.2) is 17.2 Å². The molecular weight excluding hydrogens is 242 g/mol. The highest BCUT2D eigenvalue weighted by Gasteiger charge is 2.08. The average Bonchev–Trinajstić information content (AvgIpc) is 2.82. The number of nitrogens with zero attached hydrogens (tertiary/aromatic N) is 2. The molecule has 0 amide bonds. The Bertz CT molecular complexity index is 551. The van der Waals surface area contributed by atoms with Crippen LogP contribution in [0.1, 0.15) is 35.8 Å². The van der Waals surface area contributed by atoms with Gasteiger partial charge in [-0.3, -0.25) is 0 Å². The molecule has 0 spiro atoms. The molecule has 1 N–H and O–H groups in total. The van der Waals surface area contributed by atoms with Crippen LogP contribution in [0.15, 0.2) is 22.7 Å². The number of ether oxygens (including phenoxy) is 1.